The summed E-state index contributed by atoms with van der Waals surface area (Å²) in [5.74, 6) is 0.238. The molecule has 21 heavy (non-hydrogen) atoms. The van der Waals surface area contributed by atoms with Crippen LogP contribution < -0.4 is 4.72 Å². The average molecular weight is 384 g/mol. The zero-order valence-corrected chi connectivity index (χ0v) is 14.1. The first kappa shape index (κ1) is 14.4. The van der Waals surface area contributed by atoms with Gasteiger partial charge in [-0.25, -0.2) is 13.4 Å². The summed E-state index contributed by atoms with van der Waals surface area (Å²) in [6.45, 7) is 1.70. The van der Waals surface area contributed by atoms with E-state index in [1.54, 1.807) is 6.92 Å². The molecule has 2 heterocycles. The van der Waals surface area contributed by atoms with Gasteiger partial charge in [-0.3, -0.25) is 9.71 Å². The highest BCUT2D eigenvalue weighted by atomic mass is 79.9. The Labute approximate surface area is 134 Å². The van der Waals surface area contributed by atoms with Crippen molar-refractivity contribution < 1.29 is 8.42 Å². The van der Waals surface area contributed by atoms with Crippen molar-refractivity contribution >= 4 is 53.2 Å². The molecule has 0 amide bonds. The van der Waals surface area contributed by atoms with Gasteiger partial charge in [-0.2, -0.15) is 0 Å². The first-order chi connectivity index (χ1) is 9.99. The van der Waals surface area contributed by atoms with Gasteiger partial charge >= 0.3 is 0 Å². The Hall–Kier alpha value is -1.51. The summed E-state index contributed by atoms with van der Waals surface area (Å²) in [5.41, 5.74) is 0.526. The highest BCUT2D eigenvalue weighted by Crippen LogP contribution is 2.39. The van der Waals surface area contributed by atoms with Crippen LogP contribution in [0.1, 0.15) is 5.69 Å². The molecule has 0 atom stereocenters. The second kappa shape index (κ2) is 5.36. The number of fused-ring (bicyclic) bond motifs is 1. The van der Waals surface area contributed by atoms with Crippen LogP contribution in [0.25, 0.3) is 10.1 Å². The fourth-order valence-corrected chi connectivity index (χ4v) is 5.76. The standard InChI is InChI=1S/C13H10BrN3O2S2/c1-8-12(16-7-6-15-8)17-21(18,19)13-11(14)9-4-2-3-5-10(9)20-13/h2-7H,1H3,(H,16,17). The van der Waals surface area contributed by atoms with E-state index in [-0.39, 0.29) is 10.0 Å². The minimum Gasteiger partial charge on any atom is -0.261 e. The van der Waals surface area contributed by atoms with E-state index in [1.165, 1.54) is 23.7 Å². The van der Waals surface area contributed by atoms with Gasteiger partial charge in [-0.05, 0) is 28.9 Å². The Morgan fingerprint density at radius 2 is 1.90 bits per heavy atom. The van der Waals surface area contributed by atoms with E-state index in [1.807, 2.05) is 24.3 Å². The minimum absolute atomic E-state index is 0.230. The molecule has 3 rings (SSSR count). The molecule has 0 aliphatic rings. The first-order valence-electron chi connectivity index (χ1n) is 5.96. The molecule has 1 N–H and O–H groups in total. The van der Waals surface area contributed by atoms with Gasteiger partial charge in [0.15, 0.2) is 10.0 Å². The molecule has 0 spiro atoms. The van der Waals surface area contributed by atoms with Crippen LogP contribution in [0.5, 0.6) is 0 Å². The second-order valence-corrected chi connectivity index (χ2v) is 8.02. The molecule has 0 aliphatic carbocycles. The molecule has 1 aromatic carbocycles. The molecule has 8 heteroatoms. The van der Waals surface area contributed by atoms with E-state index in [4.69, 9.17) is 0 Å². The van der Waals surface area contributed by atoms with Crippen LogP contribution in [0.15, 0.2) is 45.3 Å². The highest BCUT2D eigenvalue weighted by molar-refractivity contribution is 9.10. The highest BCUT2D eigenvalue weighted by Gasteiger charge is 2.23. The number of sulfonamides is 1. The third-order valence-electron chi connectivity index (χ3n) is 2.86. The predicted molar refractivity (Wildman–Crippen MR) is 87.1 cm³/mol. The van der Waals surface area contributed by atoms with E-state index in [0.29, 0.717) is 10.2 Å². The van der Waals surface area contributed by atoms with E-state index in [0.717, 1.165) is 10.1 Å². The third kappa shape index (κ3) is 2.66. The fraction of sp³-hybridized carbons (Fsp3) is 0.0769. The van der Waals surface area contributed by atoms with Crippen molar-refractivity contribution in [1.82, 2.24) is 9.97 Å². The van der Waals surface area contributed by atoms with E-state index < -0.39 is 10.0 Å². The summed E-state index contributed by atoms with van der Waals surface area (Å²) < 4.78 is 29.3. The number of nitrogens with one attached hydrogen (secondary N) is 1. The fourth-order valence-electron chi connectivity index (χ4n) is 1.85. The number of hydrogen-bond acceptors (Lipinski definition) is 5. The molecule has 0 radical (unpaired) electrons. The number of nitrogens with zero attached hydrogens (tertiary/aromatic N) is 2. The molecule has 0 saturated heterocycles. The summed E-state index contributed by atoms with van der Waals surface area (Å²) >= 11 is 4.59. The molecule has 3 aromatic rings. The van der Waals surface area contributed by atoms with Crippen molar-refractivity contribution in [2.45, 2.75) is 11.1 Å². The maximum atomic E-state index is 12.5. The second-order valence-electron chi connectivity index (χ2n) is 4.30. The number of anilines is 1. The quantitative estimate of drug-likeness (QED) is 0.750. The van der Waals surface area contributed by atoms with Crippen LogP contribution in [0.3, 0.4) is 0 Å². The predicted octanol–water partition coefficient (Wildman–Crippen LogP) is 3.56. The van der Waals surface area contributed by atoms with Crippen LogP contribution >= 0.6 is 27.3 Å². The lowest BCUT2D eigenvalue weighted by molar-refractivity contribution is 0.602. The van der Waals surface area contributed by atoms with Crippen LogP contribution in [0, 0.1) is 6.92 Å². The molecule has 5 nitrogen and oxygen atoms in total. The summed E-state index contributed by atoms with van der Waals surface area (Å²) in [6.07, 6.45) is 2.97. The van der Waals surface area contributed by atoms with Gasteiger partial charge in [-0.15, -0.1) is 11.3 Å². The number of rotatable bonds is 3. The molecule has 0 fully saturated rings. The first-order valence-corrected chi connectivity index (χ1v) is 9.06. The number of benzene rings is 1. The number of thiophene rings is 1. The Morgan fingerprint density at radius 1 is 1.19 bits per heavy atom. The average Bonchev–Trinajstić information content (AvgIpc) is 2.80. The van der Waals surface area contributed by atoms with Gasteiger partial charge in [-0.1, -0.05) is 18.2 Å². The molecule has 2 aromatic heterocycles. The van der Waals surface area contributed by atoms with Crippen LogP contribution in [-0.4, -0.2) is 18.4 Å². The van der Waals surface area contributed by atoms with Gasteiger partial charge in [0.2, 0.25) is 0 Å². The van der Waals surface area contributed by atoms with Crippen molar-refractivity contribution in [2.24, 2.45) is 0 Å². The monoisotopic (exact) mass is 383 g/mol. The summed E-state index contributed by atoms with van der Waals surface area (Å²) in [6, 6.07) is 7.51. The van der Waals surface area contributed by atoms with Crippen molar-refractivity contribution in [3.63, 3.8) is 0 Å². The lowest BCUT2D eigenvalue weighted by Gasteiger charge is -2.07. The van der Waals surface area contributed by atoms with Crippen molar-refractivity contribution in [3.05, 3.63) is 46.8 Å². The maximum absolute atomic E-state index is 12.5. The van der Waals surface area contributed by atoms with E-state index in [9.17, 15) is 8.42 Å². The van der Waals surface area contributed by atoms with E-state index >= 15 is 0 Å². The Kier molecular flexibility index (Phi) is 3.68. The van der Waals surface area contributed by atoms with Crippen LogP contribution in [0.4, 0.5) is 5.82 Å². The molecule has 0 aliphatic heterocycles. The van der Waals surface area contributed by atoms with Gasteiger partial charge in [0.1, 0.15) is 0 Å². The molecule has 108 valence electrons. The van der Waals surface area contributed by atoms with Gasteiger partial charge < -0.3 is 0 Å². The topological polar surface area (TPSA) is 72.0 Å². The SMILES string of the molecule is Cc1nccnc1NS(=O)(=O)c1sc2ccccc2c1Br. The van der Waals surface area contributed by atoms with Gasteiger partial charge in [0.25, 0.3) is 10.0 Å². The summed E-state index contributed by atoms with van der Waals surface area (Å²) in [4.78, 5) is 8.03. The third-order valence-corrected chi connectivity index (χ3v) is 7.24. The number of aromatic nitrogens is 2. The zero-order chi connectivity index (χ0) is 15.0. The summed E-state index contributed by atoms with van der Waals surface area (Å²) in [7, 11) is -3.71. The number of aryl methyl sites for hydroxylation is 1. The largest absolute Gasteiger partial charge is 0.273 e. The van der Waals surface area contributed by atoms with Gasteiger partial charge in [0, 0.05) is 22.5 Å². The van der Waals surface area contributed by atoms with E-state index in [2.05, 4.69) is 30.6 Å². The molecule has 0 unspecified atom stereocenters. The Bertz CT molecular complexity index is 922. The van der Waals surface area contributed by atoms with Crippen molar-refractivity contribution in [3.8, 4) is 0 Å². The lowest BCUT2D eigenvalue weighted by atomic mass is 10.3. The zero-order valence-electron chi connectivity index (χ0n) is 10.9. The smallest absolute Gasteiger partial charge is 0.261 e. The van der Waals surface area contributed by atoms with Crippen LogP contribution in [-0.2, 0) is 10.0 Å². The maximum Gasteiger partial charge on any atom is 0.273 e. The Morgan fingerprint density at radius 3 is 2.62 bits per heavy atom. The molecule has 0 saturated carbocycles. The van der Waals surface area contributed by atoms with Crippen molar-refractivity contribution in [2.75, 3.05) is 4.72 Å². The number of hydrogen-bond donors (Lipinski definition) is 1. The minimum atomic E-state index is -3.71. The lowest BCUT2D eigenvalue weighted by Crippen LogP contribution is -2.14. The summed E-state index contributed by atoms with van der Waals surface area (Å²) in [5, 5.41) is 0.874. The van der Waals surface area contributed by atoms with Crippen LogP contribution in [0.2, 0.25) is 0 Å². The van der Waals surface area contributed by atoms with Gasteiger partial charge in [0.05, 0.1) is 10.2 Å². The number of halogens is 1. The Balaban J connectivity index is 2.09. The molecular weight excluding hydrogens is 374 g/mol. The normalized spacial score (nSPS) is 11.7. The van der Waals surface area contributed by atoms with Crippen molar-refractivity contribution in [1.29, 1.82) is 0 Å². The molecule has 0 bridgehead atoms. The molecular formula is C13H10BrN3O2S2.